The minimum atomic E-state index is -0.277. The maximum absolute atomic E-state index is 13.4. The third kappa shape index (κ3) is 4.53. The number of rotatable bonds is 4. The van der Waals surface area contributed by atoms with Crippen LogP contribution in [0.1, 0.15) is 30.9 Å². The lowest BCUT2D eigenvalue weighted by Crippen LogP contribution is -2.44. The van der Waals surface area contributed by atoms with Gasteiger partial charge in [0.1, 0.15) is 5.82 Å². The molecule has 1 aliphatic heterocycles. The molecular formula is C17H22FNO2. The predicted molar refractivity (Wildman–Crippen MR) is 80.3 cm³/mol. The Balaban J connectivity index is 2.16. The molecule has 1 aromatic rings. The monoisotopic (exact) mass is 291 g/mol. The van der Waals surface area contributed by atoms with Crippen molar-refractivity contribution >= 4 is 0 Å². The molecule has 0 bridgehead atoms. The van der Waals surface area contributed by atoms with E-state index < -0.39 is 0 Å². The largest absolute Gasteiger partial charge is 0.395 e. The van der Waals surface area contributed by atoms with E-state index in [1.54, 1.807) is 6.07 Å². The highest BCUT2D eigenvalue weighted by Gasteiger charge is 2.22. The lowest BCUT2D eigenvalue weighted by Gasteiger charge is -2.35. The molecule has 1 N–H and O–H groups in total. The Morgan fingerprint density at radius 2 is 2.33 bits per heavy atom. The molecule has 1 atom stereocenters. The van der Waals surface area contributed by atoms with E-state index in [1.807, 2.05) is 0 Å². The van der Waals surface area contributed by atoms with Gasteiger partial charge in [-0.2, -0.15) is 0 Å². The second-order valence-electron chi connectivity index (χ2n) is 5.18. The Labute approximate surface area is 125 Å². The van der Waals surface area contributed by atoms with Gasteiger partial charge in [-0.15, -0.1) is 0 Å². The van der Waals surface area contributed by atoms with E-state index in [2.05, 4.69) is 23.7 Å². The molecule has 1 unspecified atom stereocenters. The van der Waals surface area contributed by atoms with Crippen molar-refractivity contribution in [1.82, 2.24) is 4.90 Å². The Kier molecular flexibility index (Phi) is 6.19. The second kappa shape index (κ2) is 8.14. The highest BCUT2D eigenvalue weighted by molar-refractivity contribution is 5.41. The zero-order chi connectivity index (χ0) is 15.1. The van der Waals surface area contributed by atoms with Crippen LogP contribution in [0.2, 0.25) is 0 Å². The highest BCUT2D eigenvalue weighted by Crippen LogP contribution is 2.18. The molecule has 0 aliphatic carbocycles. The molecule has 3 nitrogen and oxygen atoms in total. The number of ether oxygens (including phenoxy) is 1. The molecule has 114 valence electrons. The van der Waals surface area contributed by atoms with Crippen LogP contribution in [0, 0.1) is 17.7 Å². The van der Waals surface area contributed by atoms with Gasteiger partial charge in [0, 0.05) is 31.1 Å². The molecule has 21 heavy (non-hydrogen) atoms. The van der Waals surface area contributed by atoms with E-state index in [9.17, 15) is 4.39 Å². The maximum atomic E-state index is 13.4. The first-order chi connectivity index (χ1) is 10.2. The predicted octanol–water partition coefficient (Wildman–Crippen LogP) is 2.17. The standard InChI is InChI=1S/C17H22FNO2/c1-2-17-13-21-10-8-19(17)12-15-6-7-16(18)11-14(15)5-3-4-9-20/h6-7,11,17,20H,2,4,8-10,12-13H2,1H3. The molecular weight excluding hydrogens is 269 g/mol. The molecule has 1 fully saturated rings. The first-order valence-corrected chi connectivity index (χ1v) is 7.44. The fraction of sp³-hybridized carbons (Fsp3) is 0.529. The van der Waals surface area contributed by atoms with E-state index in [-0.39, 0.29) is 12.4 Å². The summed E-state index contributed by atoms with van der Waals surface area (Å²) in [5, 5.41) is 8.80. The smallest absolute Gasteiger partial charge is 0.124 e. The lowest BCUT2D eigenvalue weighted by molar-refractivity contribution is -0.0127. The lowest BCUT2D eigenvalue weighted by atomic mass is 10.0. The summed E-state index contributed by atoms with van der Waals surface area (Å²) in [6, 6.07) is 5.16. The summed E-state index contributed by atoms with van der Waals surface area (Å²) in [5.74, 6) is 5.56. The number of aliphatic hydroxyl groups excluding tert-OH is 1. The van der Waals surface area contributed by atoms with E-state index in [4.69, 9.17) is 9.84 Å². The third-order valence-corrected chi connectivity index (χ3v) is 3.73. The van der Waals surface area contributed by atoms with Crippen molar-refractivity contribution in [3.05, 3.63) is 35.1 Å². The van der Waals surface area contributed by atoms with Gasteiger partial charge in [0.25, 0.3) is 0 Å². The van der Waals surface area contributed by atoms with Crippen molar-refractivity contribution in [2.24, 2.45) is 0 Å². The summed E-state index contributed by atoms with van der Waals surface area (Å²) in [5.41, 5.74) is 1.74. The Morgan fingerprint density at radius 1 is 1.48 bits per heavy atom. The SMILES string of the molecule is CCC1COCCN1Cc1ccc(F)cc1C#CCCO. The van der Waals surface area contributed by atoms with Crippen LogP contribution >= 0.6 is 0 Å². The molecule has 1 heterocycles. The topological polar surface area (TPSA) is 32.7 Å². The summed E-state index contributed by atoms with van der Waals surface area (Å²) in [6.45, 7) is 5.31. The van der Waals surface area contributed by atoms with Crippen molar-refractivity contribution in [3.8, 4) is 11.8 Å². The van der Waals surface area contributed by atoms with Crippen LogP contribution in [0.5, 0.6) is 0 Å². The zero-order valence-corrected chi connectivity index (χ0v) is 12.4. The van der Waals surface area contributed by atoms with Gasteiger partial charge < -0.3 is 9.84 Å². The fourth-order valence-electron chi connectivity index (χ4n) is 2.51. The van der Waals surface area contributed by atoms with Crippen molar-refractivity contribution in [2.75, 3.05) is 26.4 Å². The van der Waals surface area contributed by atoms with E-state index in [1.165, 1.54) is 12.1 Å². The highest BCUT2D eigenvalue weighted by atomic mass is 19.1. The number of benzene rings is 1. The molecule has 0 amide bonds. The van der Waals surface area contributed by atoms with Crippen molar-refractivity contribution in [1.29, 1.82) is 0 Å². The summed E-state index contributed by atoms with van der Waals surface area (Å²) < 4.78 is 18.9. The number of nitrogens with zero attached hydrogens (tertiary/aromatic N) is 1. The second-order valence-corrected chi connectivity index (χ2v) is 5.18. The maximum Gasteiger partial charge on any atom is 0.124 e. The van der Waals surface area contributed by atoms with Crippen LogP contribution in [0.15, 0.2) is 18.2 Å². The summed E-state index contributed by atoms with van der Waals surface area (Å²) >= 11 is 0. The summed E-state index contributed by atoms with van der Waals surface area (Å²) in [6.07, 6.45) is 1.44. The molecule has 0 radical (unpaired) electrons. The van der Waals surface area contributed by atoms with Crippen molar-refractivity contribution < 1.29 is 14.2 Å². The number of halogens is 1. The molecule has 1 aliphatic rings. The third-order valence-electron chi connectivity index (χ3n) is 3.73. The van der Waals surface area contributed by atoms with Gasteiger partial charge in [0.15, 0.2) is 0 Å². The van der Waals surface area contributed by atoms with Gasteiger partial charge in [-0.1, -0.05) is 24.8 Å². The van der Waals surface area contributed by atoms with Crippen LogP contribution in [0.3, 0.4) is 0 Å². The fourth-order valence-corrected chi connectivity index (χ4v) is 2.51. The van der Waals surface area contributed by atoms with Crippen LogP contribution in [0.4, 0.5) is 4.39 Å². The van der Waals surface area contributed by atoms with Gasteiger partial charge in [-0.3, -0.25) is 4.90 Å². The first kappa shape index (κ1) is 16.0. The van der Waals surface area contributed by atoms with Crippen molar-refractivity contribution in [3.63, 3.8) is 0 Å². The Hall–Kier alpha value is -1.41. The van der Waals surface area contributed by atoms with E-state index in [0.717, 1.165) is 38.3 Å². The average Bonchev–Trinajstić information content (AvgIpc) is 2.50. The van der Waals surface area contributed by atoms with Gasteiger partial charge in [0.2, 0.25) is 0 Å². The minimum Gasteiger partial charge on any atom is -0.395 e. The molecule has 0 aromatic heterocycles. The summed E-state index contributed by atoms with van der Waals surface area (Å²) in [7, 11) is 0. The Morgan fingerprint density at radius 3 is 3.10 bits per heavy atom. The van der Waals surface area contributed by atoms with Crippen LogP contribution in [-0.2, 0) is 11.3 Å². The molecule has 0 saturated carbocycles. The van der Waals surface area contributed by atoms with Gasteiger partial charge >= 0.3 is 0 Å². The number of aliphatic hydroxyl groups is 1. The van der Waals surface area contributed by atoms with Crippen molar-refractivity contribution in [2.45, 2.75) is 32.4 Å². The van der Waals surface area contributed by atoms with Gasteiger partial charge in [0.05, 0.1) is 19.8 Å². The number of hydrogen-bond donors (Lipinski definition) is 1. The zero-order valence-electron chi connectivity index (χ0n) is 12.4. The molecule has 2 rings (SSSR count). The molecule has 1 aromatic carbocycles. The van der Waals surface area contributed by atoms with E-state index >= 15 is 0 Å². The quantitative estimate of drug-likeness (QED) is 0.863. The molecule has 4 heteroatoms. The minimum absolute atomic E-state index is 0.0268. The number of hydrogen-bond acceptors (Lipinski definition) is 3. The Bertz CT molecular complexity index is 521. The first-order valence-electron chi connectivity index (χ1n) is 7.44. The average molecular weight is 291 g/mol. The van der Waals surface area contributed by atoms with Gasteiger partial charge in [-0.05, 0) is 24.1 Å². The molecule has 1 saturated heterocycles. The molecule has 0 spiro atoms. The van der Waals surface area contributed by atoms with Crippen LogP contribution < -0.4 is 0 Å². The van der Waals surface area contributed by atoms with Crippen LogP contribution in [0.25, 0.3) is 0 Å². The van der Waals surface area contributed by atoms with Crippen LogP contribution in [-0.4, -0.2) is 42.4 Å². The normalized spacial score (nSPS) is 19.1. The van der Waals surface area contributed by atoms with E-state index in [0.29, 0.717) is 18.0 Å². The number of morpholine rings is 1. The van der Waals surface area contributed by atoms with Gasteiger partial charge in [-0.25, -0.2) is 4.39 Å². The summed E-state index contributed by atoms with van der Waals surface area (Å²) in [4.78, 5) is 2.37.